The van der Waals surface area contributed by atoms with Crippen molar-refractivity contribution in [1.29, 1.82) is 0 Å². The lowest BCUT2D eigenvalue weighted by Crippen LogP contribution is -2.31. The quantitative estimate of drug-likeness (QED) is 0.346. The zero-order valence-corrected chi connectivity index (χ0v) is 23.6. The fraction of sp³-hybridized carbons (Fsp3) is 0.419. The van der Waals surface area contributed by atoms with Crippen molar-refractivity contribution in [2.45, 2.75) is 63.8 Å². The summed E-state index contributed by atoms with van der Waals surface area (Å²) < 4.78 is 9.22. The van der Waals surface area contributed by atoms with Crippen LogP contribution in [0.5, 0.6) is 0 Å². The van der Waals surface area contributed by atoms with E-state index in [9.17, 15) is 9.90 Å². The molecule has 0 spiro atoms. The number of hydrogen-bond donors (Lipinski definition) is 2. The molecule has 2 aliphatic heterocycles. The first kappa shape index (κ1) is 26.1. The number of aryl methyl sites for hydroxylation is 1. The summed E-state index contributed by atoms with van der Waals surface area (Å²) in [5.41, 5.74) is 5.79. The van der Waals surface area contributed by atoms with Crippen LogP contribution in [0.4, 0.5) is 11.6 Å². The van der Waals surface area contributed by atoms with Gasteiger partial charge in [-0.25, -0.2) is 19.3 Å². The Morgan fingerprint density at radius 1 is 1.24 bits per heavy atom. The van der Waals surface area contributed by atoms with Crippen molar-refractivity contribution in [1.82, 2.24) is 29.2 Å². The molecule has 212 valence electrons. The molecule has 2 unspecified atom stereocenters. The van der Waals surface area contributed by atoms with Crippen molar-refractivity contribution in [2.75, 3.05) is 25.5 Å². The number of allylic oxidation sites excluding steroid dienone is 1. The smallest absolute Gasteiger partial charge is 0.278 e. The lowest BCUT2D eigenvalue weighted by atomic mass is 9.84. The molecule has 0 saturated heterocycles. The molecule has 10 heteroatoms. The predicted molar refractivity (Wildman–Crippen MR) is 157 cm³/mol. The Bertz CT molecular complexity index is 1740. The van der Waals surface area contributed by atoms with Crippen LogP contribution in [-0.4, -0.2) is 54.5 Å². The average Bonchev–Trinajstić information content (AvgIpc) is 3.34. The standard InChI is InChI=1S/C31H35N7O3/c1-4-11-37-29(39)24-15-32-30(33-23-13-21-17-36(3)16-20-9-12-41-18-22(14-23)26(20)21)35-28(24)38(37)25-7-6-19-8-10-31(40,5-2)27(19)34-25/h4,6-7,13-15,20,40H,1,5,8-12,16-18H2,2-3H3,(H,32,33,35). The number of likely N-dealkylation sites (N-methyl/N-ethyl adjacent to an activating group) is 1. The fourth-order valence-corrected chi connectivity index (χ4v) is 6.83. The number of benzene rings is 1. The molecule has 3 aliphatic rings. The van der Waals surface area contributed by atoms with Gasteiger partial charge in [0.1, 0.15) is 11.0 Å². The molecular weight excluding hydrogens is 518 g/mol. The van der Waals surface area contributed by atoms with Crippen LogP contribution >= 0.6 is 0 Å². The van der Waals surface area contributed by atoms with Crippen molar-refractivity contribution in [3.63, 3.8) is 0 Å². The molecule has 5 heterocycles. The van der Waals surface area contributed by atoms with Crippen molar-refractivity contribution in [3.05, 3.63) is 81.4 Å². The Balaban J connectivity index is 1.33. The normalized spacial score (nSPS) is 21.9. The van der Waals surface area contributed by atoms with E-state index in [4.69, 9.17) is 14.7 Å². The Hall–Kier alpha value is -3.86. The van der Waals surface area contributed by atoms with Crippen LogP contribution in [0.3, 0.4) is 0 Å². The number of fused-ring (bicyclic) bond motifs is 2. The maximum absolute atomic E-state index is 13.4. The molecule has 0 amide bonds. The van der Waals surface area contributed by atoms with Gasteiger partial charge >= 0.3 is 0 Å². The number of rotatable bonds is 6. The summed E-state index contributed by atoms with van der Waals surface area (Å²) in [6.45, 7) is 9.37. The second-order valence-electron chi connectivity index (χ2n) is 11.5. The van der Waals surface area contributed by atoms with E-state index in [0.717, 1.165) is 43.8 Å². The third kappa shape index (κ3) is 4.29. The van der Waals surface area contributed by atoms with E-state index >= 15 is 0 Å². The van der Waals surface area contributed by atoms with Crippen LogP contribution in [0.2, 0.25) is 0 Å². The molecule has 0 saturated carbocycles. The van der Waals surface area contributed by atoms with Crippen molar-refractivity contribution in [2.24, 2.45) is 0 Å². The summed E-state index contributed by atoms with van der Waals surface area (Å²) in [6, 6.07) is 8.20. The van der Waals surface area contributed by atoms with Gasteiger partial charge in [-0.05, 0) is 79.1 Å². The molecule has 0 radical (unpaired) electrons. The Morgan fingerprint density at radius 3 is 2.93 bits per heavy atom. The second kappa shape index (κ2) is 9.90. The first-order valence-electron chi connectivity index (χ1n) is 14.4. The molecule has 41 heavy (non-hydrogen) atoms. The average molecular weight is 554 g/mol. The lowest BCUT2D eigenvalue weighted by molar-refractivity contribution is 0.0306. The predicted octanol–water partition coefficient (Wildman–Crippen LogP) is 3.90. The van der Waals surface area contributed by atoms with Gasteiger partial charge in [0, 0.05) is 31.6 Å². The molecule has 1 aromatic carbocycles. The van der Waals surface area contributed by atoms with Gasteiger partial charge in [0.15, 0.2) is 11.5 Å². The molecule has 0 fully saturated rings. The number of ether oxygens (including phenoxy) is 1. The van der Waals surface area contributed by atoms with Gasteiger partial charge in [0.2, 0.25) is 5.95 Å². The number of hydrogen-bond acceptors (Lipinski definition) is 8. The lowest BCUT2D eigenvalue weighted by Gasteiger charge is -2.33. The molecule has 1 aliphatic carbocycles. The van der Waals surface area contributed by atoms with E-state index in [1.165, 1.54) is 16.7 Å². The van der Waals surface area contributed by atoms with Crippen LogP contribution in [0.15, 0.2) is 47.9 Å². The monoisotopic (exact) mass is 553 g/mol. The second-order valence-corrected chi connectivity index (χ2v) is 11.5. The SMILES string of the molecule is C=CCn1c(=O)c2cnc(Nc3cc4c5c(c3)CN(C)CC5CCOC4)nc2n1-c1ccc2c(n1)C(O)(CC)CC2. The minimum atomic E-state index is -0.970. The third-order valence-corrected chi connectivity index (χ3v) is 8.85. The highest BCUT2D eigenvalue weighted by Gasteiger charge is 2.37. The van der Waals surface area contributed by atoms with Gasteiger partial charge in [-0.3, -0.25) is 4.79 Å². The molecule has 2 N–H and O–H groups in total. The Morgan fingerprint density at radius 2 is 2.10 bits per heavy atom. The number of aromatic nitrogens is 5. The zero-order valence-electron chi connectivity index (χ0n) is 23.6. The van der Waals surface area contributed by atoms with Gasteiger partial charge in [-0.15, -0.1) is 6.58 Å². The minimum Gasteiger partial charge on any atom is -0.384 e. The van der Waals surface area contributed by atoms with E-state index in [2.05, 4.69) is 41.0 Å². The summed E-state index contributed by atoms with van der Waals surface area (Å²) in [5, 5.41) is 15.0. The van der Waals surface area contributed by atoms with Crippen LogP contribution < -0.4 is 10.9 Å². The molecule has 2 atom stereocenters. The third-order valence-electron chi connectivity index (χ3n) is 8.85. The van der Waals surface area contributed by atoms with Gasteiger partial charge in [0.25, 0.3) is 5.56 Å². The van der Waals surface area contributed by atoms with Gasteiger partial charge in [-0.1, -0.05) is 19.1 Å². The highest BCUT2D eigenvalue weighted by Crippen LogP contribution is 2.39. The Kier molecular flexibility index (Phi) is 6.29. The summed E-state index contributed by atoms with van der Waals surface area (Å²) in [5.74, 6) is 1.39. The number of pyridine rings is 1. The summed E-state index contributed by atoms with van der Waals surface area (Å²) in [4.78, 5) is 30.0. The number of nitrogens with one attached hydrogen (secondary N) is 1. The molecule has 0 bridgehead atoms. The first-order valence-corrected chi connectivity index (χ1v) is 14.4. The van der Waals surface area contributed by atoms with Crippen LogP contribution in [-0.2, 0) is 36.5 Å². The summed E-state index contributed by atoms with van der Waals surface area (Å²) >= 11 is 0. The highest BCUT2D eigenvalue weighted by molar-refractivity contribution is 5.77. The van der Waals surface area contributed by atoms with E-state index < -0.39 is 5.60 Å². The largest absolute Gasteiger partial charge is 0.384 e. The van der Waals surface area contributed by atoms with E-state index in [-0.39, 0.29) is 12.1 Å². The van der Waals surface area contributed by atoms with Gasteiger partial charge < -0.3 is 20.1 Å². The van der Waals surface area contributed by atoms with E-state index in [1.807, 2.05) is 19.1 Å². The summed E-state index contributed by atoms with van der Waals surface area (Å²) in [6.07, 6.45) is 6.26. The molecule has 10 nitrogen and oxygen atoms in total. The van der Waals surface area contributed by atoms with Crippen LogP contribution in [0.25, 0.3) is 16.9 Å². The van der Waals surface area contributed by atoms with Crippen molar-refractivity contribution < 1.29 is 9.84 Å². The molecule has 7 rings (SSSR count). The zero-order chi connectivity index (χ0) is 28.3. The van der Waals surface area contributed by atoms with Crippen LogP contribution in [0.1, 0.15) is 60.1 Å². The van der Waals surface area contributed by atoms with E-state index in [0.29, 0.717) is 53.9 Å². The fourth-order valence-electron chi connectivity index (χ4n) is 6.83. The van der Waals surface area contributed by atoms with Crippen molar-refractivity contribution >= 4 is 22.7 Å². The number of nitrogens with zero attached hydrogens (tertiary/aromatic N) is 6. The number of aliphatic hydroxyl groups is 1. The topological polar surface area (TPSA) is 110 Å². The minimum absolute atomic E-state index is 0.222. The van der Waals surface area contributed by atoms with Crippen LogP contribution in [0, 0.1) is 0 Å². The van der Waals surface area contributed by atoms with Crippen molar-refractivity contribution in [3.8, 4) is 5.82 Å². The molecule has 3 aromatic heterocycles. The Labute approximate surface area is 238 Å². The van der Waals surface area contributed by atoms with Gasteiger partial charge in [0.05, 0.1) is 18.8 Å². The number of anilines is 2. The van der Waals surface area contributed by atoms with E-state index in [1.54, 1.807) is 21.6 Å². The first-order chi connectivity index (χ1) is 19.9. The highest BCUT2D eigenvalue weighted by atomic mass is 16.5. The maximum Gasteiger partial charge on any atom is 0.278 e. The molecule has 4 aromatic rings. The maximum atomic E-state index is 13.4. The summed E-state index contributed by atoms with van der Waals surface area (Å²) in [7, 11) is 2.16. The molecular formula is C31H35N7O3. The van der Waals surface area contributed by atoms with Gasteiger partial charge in [-0.2, -0.15) is 4.98 Å².